The Bertz CT molecular complexity index is 566. The van der Waals surface area contributed by atoms with E-state index >= 15 is 0 Å². The van der Waals surface area contributed by atoms with Crippen LogP contribution in [0.5, 0.6) is 0 Å². The van der Waals surface area contributed by atoms with E-state index in [0.717, 1.165) is 24.0 Å². The van der Waals surface area contributed by atoms with E-state index in [1.54, 1.807) is 0 Å². The fourth-order valence-electron chi connectivity index (χ4n) is 2.22. The topological polar surface area (TPSA) is 49.3 Å². The van der Waals surface area contributed by atoms with Crippen LogP contribution in [0.4, 0.5) is 0 Å². The summed E-state index contributed by atoms with van der Waals surface area (Å²) < 4.78 is 0. The molecule has 0 aliphatic heterocycles. The zero-order valence-electron chi connectivity index (χ0n) is 12.1. The Morgan fingerprint density at radius 2 is 1.67 bits per heavy atom. The molecule has 2 aromatic rings. The van der Waals surface area contributed by atoms with Crippen molar-refractivity contribution in [3.05, 3.63) is 71.3 Å². The van der Waals surface area contributed by atoms with Gasteiger partial charge in [0.25, 0.3) is 0 Å². The molecule has 0 heterocycles. The predicted octanol–water partition coefficient (Wildman–Crippen LogP) is 2.82. The summed E-state index contributed by atoms with van der Waals surface area (Å²) in [5, 5.41) is 12.0. The van der Waals surface area contributed by atoms with Gasteiger partial charge in [0.2, 0.25) is 5.91 Å². The summed E-state index contributed by atoms with van der Waals surface area (Å²) >= 11 is 0. The maximum atomic E-state index is 11.8. The van der Waals surface area contributed by atoms with Crippen molar-refractivity contribution in [3.8, 4) is 0 Å². The molecule has 21 heavy (non-hydrogen) atoms. The van der Waals surface area contributed by atoms with Crippen LogP contribution in [0.25, 0.3) is 0 Å². The van der Waals surface area contributed by atoms with Gasteiger partial charge in [-0.2, -0.15) is 0 Å². The van der Waals surface area contributed by atoms with Crippen LogP contribution in [-0.2, 0) is 24.4 Å². The number of amides is 1. The van der Waals surface area contributed by atoms with Crippen LogP contribution in [-0.4, -0.2) is 11.0 Å². The molecule has 2 rings (SSSR count). The summed E-state index contributed by atoms with van der Waals surface area (Å²) in [6, 6.07) is 17.8. The monoisotopic (exact) mass is 283 g/mol. The van der Waals surface area contributed by atoms with E-state index in [1.165, 1.54) is 5.56 Å². The number of nitrogens with one attached hydrogen (secondary N) is 1. The summed E-state index contributed by atoms with van der Waals surface area (Å²) in [6.45, 7) is 0.539. The minimum atomic E-state index is 0.0266. The SMILES string of the molecule is O=C(CCCc1ccccc1)NCc1cccc(CO)c1. The Balaban J connectivity index is 1.70. The summed E-state index contributed by atoms with van der Waals surface area (Å²) in [5.74, 6) is 0.0698. The summed E-state index contributed by atoms with van der Waals surface area (Å²) in [7, 11) is 0. The fourth-order valence-corrected chi connectivity index (χ4v) is 2.22. The Labute approximate surface area is 125 Å². The van der Waals surface area contributed by atoms with Gasteiger partial charge >= 0.3 is 0 Å². The maximum Gasteiger partial charge on any atom is 0.220 e. The highest BCUT2D eigenvalue weighted by Gasteiger charge is 2.02. The van der Waals surface area contributed by atoms with E-state index in [2.05, 4.69) is 17.4 Å². The van der Waals surface area contributed by atoms with Crippen molar-refractivity contribution >= 4 is 5.91 Å². The van der Waals surface area contributed by atoms with Gasteiger partial charge < -0.3 is 10.4 Å². The van der Waals surface area contributed by atoms with Crippen LogP contribution in [0.2, 0.25) is 0 Å². The number of hydrogen-bond acceptors (Lipinski definition) is 2. The van der Waals surface area contributed by atoms with E-state index in [-0.39, 0.29) is 12.5 Å². The number of benzene rings is 2. The molecule has 0 radical (unpaired) electrons. The van der Waals surface area contributed by atoms with Crippen LogP contribution < -0.4 is 5.32 Å². The molecule has 0 spiro atoms. The van der Waals surface area contributed by atoms with Crippen LogP contribution >= 0.6 is 0 Å². The van der Waals surface area contributed by atoms with Crippen LogP contribution in [0.3, 0.4) is 0 Å². The number of carbonyl (C=O) groups excluding carboxylic acids is 1. The van der Waals surface area contributed by atoms with Gasteiger partial charge in [0.15, 0.2) is 0 Å². The predicted molar refractivity (Wildman–Crippen MR) is 83.6 cm³/mol. The van der Waals surface area contributed by atoms with E-state index in [9.17, 15) is 4.79 Å². The van der Waals surface area contributed by atoms with E-state index in [1.807, 2.05) is 42.5 Å². The molecule has 3 heteroatoms. The first-order valence-electron chi connectivity index (χ1n) is 7.27. The number of aliphatic hydroxyl groups excluding tert-OH is 1. The first-order chi connectivity index (χ1) is 10.3. The zero-order valence-corrected chi connectivity index (χ0v) is 12.1. The van der Waals surface area contributed by atoms with Crippen molar-refractivity contribution in [1.29, 1.82) is 0 Å². The highest BCUT2D eigenvalue weighted by Crippen LogP contribution is 2.06. The molecule has 3 nitrogen and oxygen atoms in total. The molecule has 0 saturated carbocycles. The van der Waals surface area contributed by atoms with Gasteiger partial charge in [-0.3, -0.25) is 4.79 Å². The number of aliphatic hydroxyl groups is 1. The minimum absolute atomic E-state index is 0.0266. The molecular weight excluding hydrogens is 262 g/mol. The minimum Gasteiger partial charge on any atom is -0.392 e. The number of carbonyl (C=O) groups is 1. The second kappa shape index (κ2) is 8.22. The lowest BCUT2D eigenvalue weighted by Gasteiger charge is -2.07. The van der Waals surface area contributed by atoms with Gasteiger partial charge in [-0.25, -0.2) is 0 Å². The molecule has 1 amide bonds. The van der Waals surface area contributed by atoms with Crippen molar-refractivity contribution in [2.45, 2.75) is 32.4 Å². The number of rotatable bonds is 7. The summed E-state index contributed by atoms with van der Waals surface area (Å²) in [5.41, 5.74) is 3.14. The molecule has 0 aliphatic carbocycles. The highest BCUT2D eigenvalue weighted by molar-refractivity contribution is 5.75. The van der Waals surface area contributed by atoms with Crippen molar-refractivity contribution in [2.24, 2.45) is 0 Å². The Kier molecular flexibility index (Phi) is 5.98. The molecule has 0 aliphatic rings. The standard InChI is InChI=1S/C18H21NO2/c20-14-17-10-4-9-16(12-17)13-19-18(21)11-5-8-15-6-2-1-3-7-15/h1-4,6-7,9-10,12,20H,5,8,11,13-14H2,(H,19,21). The zero-order chi connectivity index (χ0) is 14.9. The highest BCUT2D eigenvalue weighted by atomic mass is 16.3. The van der Waals surface area contributed by atoms with Gasteiger partial charge in [-0.05, 0) is 29.5 Å². The molecule has 0 aromatic heterocycles. The average Bonchev–Trinajstić information content (AvgIpc) is 2.54. The van der Waals surface area contributed by atoms with Crippen LogP contribution in [0, 0.1) is 0 Å². The van der Waals surface area contributed by atoms with Crippen molar-refractivity contribution < 1.29 is 9.90 Å². The Morgan fingerprint density at radius 3 is 2.43 bits per heavy atom. The van der Waals surface area contributed by atoms with E-state index in [4.69, 9.17) is 5.11 Å². The first kappa shape index (κ1) is 15.3. The Morgan fingerprint density at radius 1 is 0.952 bits per heavy atom. The van der Waals surface area contributed by atoms with E-state index < -0.39 is 0 Å². The average molecular weight is 283 g/mol. The molecule has 0 atom stereocenters. The van der Waals surface area contributed by atoms with Gasteiger partial charge in [0.1, 0.15) is 0 Å². The lowest BCUT2D eigenvalue weighted by Crippen LogP contribution is -2.22. The van der Waals surface area contributed by atoms with Gasteiger partial charge in [0.05, 0.1) is 6.61 Å². The second-order valence-corrected chi connectivity index (χ2v) is 5.09. The third-order valence-corrected chi connectivity index (χ3v) is 3.38. The molecule has 0 saturated heterocycles. The second-order valence-electron chi connectivity index (χ2n) is 5.09. The van der Waals surface area contributed by atoms with Crippen molar-refractivity contribution in [2.75, 3.05) is 0 Å². The van der Waals surface area contributed by atoms with Crippen LogP contribution in [0.1, 0.15) is 29.5 Å². The largest absolute Gasteiger partial charge is 0.392 e. The summed E-state index contributed by atoms with van der Waals surface area (Å²) in [6.07, 6.45) is 2.31. The molecule has 0 fully saturated rings. The molecule has 2 aromatic carbocycles. The molecule has 0 unspecified atom stereocenters. The van der Waals surface area contributed by atoms with Gasteiger partial charge in [-0.15, -0.1) is 0 Å². The van der Waals surface area contributed by atoms with Gasteiger partial charge in [-0.1, -0.05) is 54.6 Å². The van der Waals surface area contributed by atoms with Gasteiger partial charge in [0, 0.05) is 13.0 Å². The third-order valence-electron chi connectivity index (χ3n) is 3.38. The lowest BCUT2D eigenvalue weighted by molar-refractivity contribution is -0.121. The third kappa shape index (κ3) is 5.40. The quantitative estimate of drug-likeness (QED) is 0.821. The molecule has 110 valence electrons. The number of aryl methyl sites for hydroxylation is 1. The fraction of sp³-hybridized carbons (Fsp3) is 0.278. The number of hydrogen-bond donors (Lipinski definition) is 2. The first-order valence-corrected chi connectivity index (χ1v) is 7.27. The normalized spacial score (nSPS) is 10.3. The van der Waals surface area contributed by atoms with E-state index in [0.29, 0.717) is 13.0 Å². The van der Waals surface area contributed by atoms with Crippen molar-refractivity contribution in [1.82, 2.24) is 5.32 Å². The lowest BCUT2D eigenvalue weighted by atomic mass is 10.1. The smallest absolute Gasteiger partial charge is 0.220 e. The van der Waals surface area contributed by atoms with Crippen LogP contribution in [0.15, 0.2) is 54.6 Å². The molecular formula is C18H21NO2. The molecule has 0 bridgehead atoms. The molecule has 2 N–H and O–H groups in total. The summed E-state index contributed by atoms with van der Waals surface area (Å²) in [4.78, 5) is 11.8. The Hall–Kier alpha value is -2.13. The van der Waals surface area contributed by atoms with Crippen molar-refractivity contribution in [3.63, 3.8) is 0 Å². The maximum absolute atomic E-state index is 11.8.